The Balaban J connectivity index is 1.53. The molecule has 1 aliphatic rings. The first-order valence-corrected chi connectivity index (χ1v) is 12.9. The molecule has 4 rings (SSSR count). The maximum absolute atomic E-state index is 13.1. The van der Waals surface area contributed by atoms with Gasteiger partial charge in [0, 0.05) is 32.2 Å². The largest absolute Gasteiger partial charge is 0.493 e. The van der Waals surface area contributed by atoms with Gasteiger partial charge in [-0.1, -0.05) is 30.3 Å². The molecule has 1 saturated heterocycles. The summed E-state index contributed by atoms with van der Waals surface area (Å²) in [7, 11) is -4.63. The van der Waals surface area contributed by atoms with Crippen molar-refractivity contribution in [2.24, 2.45) is 0 Å². The summed E-state index contributed by atoms with van der Waals surface area (Å²) in [5, 5.41) is 1.79. The van der Waals surface area contributed by atoms with Crippen LogP contribution in [0.2, 0.25) is 0 Å². The summed E-state index contributed by atoms with van der Waals surface area (Å²) in [6.07, 6.45) is 0. The van der Waals surface area contributed by atoms with Gasteiger partial charge in [-0.05, 0) is 35.0 Å². The number of fused-ring (bicyclic) bond motifs is 1. The maximum atomic E-state index is 13.1. The zero-order valence-corrected chi connectivity index (χ0v) is 19.4. The first-order chi connectivity index (χ1) is 15.3. The Morgan fingerprint density at radius 3 is 1.69 bits per heavy atom. The average Bonchev–Trinajstić information content (AvgIpc) is 2.83. The Morgan fingerprint density at radius 2 is 1.12 bits per heavy atom. The minimum Gasteiger partial charge on any atom is -0.493 e. The summed E-state index contributed by atoms with van der Waals surface area (Å²) < 4.78 is 65.4. The number of ether oxygens (including phenoxy) is 2. The summed E-state index contributed by atoms with van der Waals surface area (Å²) >= 11 is 0. The molecular weight excluding hydrogens is 452 g/mol. The molecule has 0 spiro atoms. The SMILES string of the molecule is COc1ccc(S(=O)(=O)N2CCN(S(=O)(=O)c3ccc4ccccc4c3)CC2)cc1OC. The molecule has 170 valence electrons. The molecule has 0 atom stereocenters. The molecule has 1 aliphatic heterocycles. The minimum absolute atomic E-state index is 0.0590. The second-order valence-corrected chi connectivity index (χ2v) is 11.2. The molecule has 0 amide bonds. The molecule has 0 N–H and O–H groups in total. The van der Waals surface area contributed by atoms with Gasteiger partial charge in [-0.2, -0.15) is 8.61 Å². The van der Waals surface area contributed by atoms with Gasteiger partial charge in [-0.15, -0.1) is 0 Å². The second kappa shape index (κ2) is 8.70. The van der Waals surface area contributed by atoms with E-state index in [4.69, 9.17) is 9.47 Å². The van der Waals surface area contributed by atoms with Crippen LogP contribution in [0.15, 0.2) is 70.5 Å². The average molecular weight is 477 g/mol. The van der Waals surface area contributed by atoms with E-state index >= 15 is 0 Å². The minimum atomic E-state index is -3.81. The molecule has 3 aromatic carbocycles. The lowest BCUT2D eigenvalue weighted by Crippen LogP contribution is -2.50. The van der Waals surface area contributed by atoms with Crippen LogP contribution in [0.1, 0.15) is 0 Å². The Kier molecular flexibility index (Phi) is 6.13. The van der Waals surface area contributed by atoms with Crippen molar-refractivity contribution in [2.75, 3.05) is 40.4 Å². The van der Waals surface area contributed by atoms with Crippen molar-refractivity contribution >= 4 is 30.8 Å². The summed E-state index contributed by atoms with van der Waals surface area (Å²) in [5.41, 5.74) is 0. The van der Waals surface area contributed by atoms with Gasteiger partial charge in [0.2, 0.25) is 20.0 Å². The summed E-state index contributed by atoms with van der Waals surface area (Å²) in [6.45, 7) is 0.260. The molecule has 10 heteroatoms. The van der Waals surface area contributed by atoms with Crippen molar-refractivity contribution in [3.05, 3.63) is 60.7 Å². The van der Waals surface area contributed by atoms with Gasteiger partial charge in [0.05, 0.1) is 24.0 Å². The fourth-order valence-corrected chi connectivity index (χ4v) is 6.65. The number of benzene rings is 3. The first-order valence-electron chi connectivity index (χ1n) is 9.98. The zero-order valence-electron chi connectivity index (χ0n) is 17.8. The van der Waals surface area contributed by atoms with Crippen molar-refractivity contribution < 1.29 is 26.3 Å². The second-order valence-electron chi connectivity index (χ2n) is 7.33. The Labute approximate surface area is 188 Å². The fourth-order valence-electron chi connectivity index (χ4n) is 3.75. The number of methoxy groups -OCH3 is 2. The lowest BCUT2D eigenvalue weighted by atomic mass is 10.1. The zero-order chi connectivity index (χ0) is 22.9. The number of sulfonamides is 2. The molecule has 1 heterocycles. The molecule has 1 fully saturated rings. The van der Waals surface area contributed by atoms with Crippen LogP contribution in [0.4, 0.5) is 0 Å². The van der Waals surface area contributed by atoms with Gasteiger partial charge in [0.25, 0.3) is 0 Å². The Hall–Kier alpha value is -2.66. The monoisotopic (exact) mass is 476 g/mol. The van der Waals surface area contributed by atoms with Crippen molar-refractivity contribution in [3.8, 4) is 11.5 Å². The van der Waals surface area contributed by atoms with Crippen molar-refractivity contribution in [2.45, 2.75) is 9.79 Å². The molecular formula is C22H24N2O6S2. The number of hydrogen-bond donors (Lipinski definition) is 0. The summed E-state index contributed by atoms with van der Waals surface area (Å²) in [6, 6.07) is 17.0. The fraction of sp³-hybridized carbons (Fsp3) is 0.273. The first kappa shape index (κ1) is 22.5. The van der Waals surface area contributed by atoms with Crippen molar-refractivity contribution in [3.63, 3.8) is 0 Å². The van der Waals surface area contributed by atoms with Gasteiger partial charge in [-0.3, -0.25) is 0 Å². The van der Waals surface area contributed by atoms with Gasteiger partial charge in [0.15, 0.2) is 11.5 Å². The van der Waals surface area contributed by atoms with Crippen LogP contribution in [0.5, 0.6) is 11.5 Å². The molecule has 8 nitrogen and oxygen atoms in total. The van der Waals surface area contributed by atoms with Crippen molar-refractivity contribution in [1.82, 2.24) is 8.61 Å². The van der Waals surface area contributed by atoms with Crippen LogP contribution >= 0.6 is 0 Å². The van der Waals surface area contributed by atoms with Crippen LogP contribution in [0.3, 0.4) is 0 Å². The third kappa shape index (κ3) is 4.06. The lowest BCUT2D eigenvalue weighted by Gasteiger charge is -2.33. The molecule has 0 aromatic heterocycles. The predicted molar refractivity (Wildman–Crippen MR) is 121 cm³/mol. The standard InChI is InChI=1S/C22H24N2O6S2/c1-29-21-10-9-20(16-22(21)30-2)32(27,28)24-13-11-23(12-14-24)31(25,26)19-8-7-17-5-3-4-6-18(17)15-19/h3-10,15-16H,11-14H2,1-2H3. The maximum Gasteiger partial charge on any atom is 0.243 e. The summed E-state index contributed by atoms with van der Waals surface area (Å²) in [5.74, 6) is 0.740. The highest BCUT2D eigenvalue weighted by Crippen LogP contribution is 2.31. The summed E-state index contributed by atoms with van der Waals surface area (Å²) in [4.78, 5) is 0.272. The van der Waals surface area contributed by atoms with E-state index < -0.39 is 20.0 Å². The Bertz CT molecular complexity index is 1350. The highest BCUT2D eigenvalue weighted by atomic mass is 32.2. The van der Waals surface area contributed by atoms with Gasteiger partial charge < -0.3 is 9.47 Å². The van der Waals surface area contributed by atoms with E-state index in [0.29, 0.717) is 11.5 Å². The van der Waals surface area contributed by atoms with Crippen LogP contribution in [0.25, 0.3) is 10.8 Å². The van der Waals surface area contributed by atoms with Gasteiger partial charge in [0.1, 0.15) is 0 Å². The van der Waals surface area contributed by atoms with Crippen LogP contribution < -0.4 is 9.47 Å². The molecule has 0 unspecified atom stereocenters. The van der Waals surface area contributed by atoms with Crippen LogP contribution in [-0.2, 0) is 20.0 Å². The van der Waals surface area contributed by atoms with Crippen LogP contribution in [-0.4, -0.2) is 65.8 Å². The number of rotatable bonds is 6. The molecule has 0 radical (unpaired) electrons. The lowest BCUT2D eigenvalue weighted by molar-refractivity contribution is 0.272. The van der Waals surface area contributed by atoms with Gasteiger partial charge >= 0.3 is 0 Å². The number of hydrogen-bond acceptors (Lipinski definition) is 6. The predicted octanol–water partition coefficient (Wildman–Crippen LogP) is 2.55. The molecule has 0 saturated carbocycles. The van der Waals surface area contributed by atoms with E-state index in [0.717, 1.165) is 10.8 Å². The van der Waals surface area contributed by atoms with Crippen molar-refractivity contribution in [1.29, 1.82) is 0 Å². The molecule has 0 aliphatic carbocycles. The highest BCUT2D eigenvalue weighted by molar-refractivity contribution is 7.89. The molecule has 0 bridgehead atoms. The van der Waals surface area contributed by atoms with E-state index in [9.17, 15) is 16.8 Å². The quantitative estimate of drug-likeness (QED) is 0.543. The van der Waals surface area contributed by atoms with Crippen LogP contribution in [0, 0.1) is 0 Å². The smallest absolute Gasteiger partial charge is 0.243 e. The normalized spacial score (nSPS) is 16.2. The molecule has 32 heavy (non-hydrogen) atoms. The van der Waals surface area contributed by atoms with E-state index in [1.165, 1.54) is 41.0 Å². The van der Waals surface area contributed by atoms with E-state index in [-0.39, 0.29) is 36.0 Å². The third-order valence-electron chi connectivity index (χ3n) is 5.55. The van der Waals surface area contributed by atoms with E-state index in [2.05, 4.69) is 0 Å². The van der Waals surface area contributed by atoms with E-state index in [1.54, 1.807) is 18.2 Å². The van der Waals surface area contributed by atoms with E-state index in [1.807, 2.05) is 24.3 Å². The molecule has 3 aromatic rings. The highest BCUT2D eigenvalue weighted by Gasteiger charge is 2.34. The van der Waals surface area contributed by atoms with Gasteiger partial charge in [-0.25, -0.2) is 16.8 Å². The Morgan fingerprint density at radius 1 is 0.625 bits per heavy atom. The topological polar surface area (TPSA) is 93.2 Å². The number of nitrogens with zero attached hydrogens (tertiary/aromatic N) is 2. The number of piperazine rings is 1. The third-order valence-corrected chi connectivity index (χ3v) is 9.34.